The van der Waals surface area contributed by atoms with Gasteiger partial charge in [-0.1, -0.05) is 6.07 Å². The summed E-state index contributed by atoms with van der Waals surface area (Å²) in [5, 5.41) is 9.72. The summed E-state index contributed by atoms with van der Waals surface area (Å²) in [7, 11) is 0. The topological polar surface area (TPSA) is 46.2 Å². The Morgan fingerprint density at radius 1 is 1.24 bits per heavy atom. The molecule has 0 bridgehead atoms. The first-order valence-corrected chi connectivity index (χ1v) is 4.87. The first kappa shape index (κ1) is 13.9. The van der Waals surface area contributed by atoms with Gasteiger partial charge < -0.3 is 10.8 Å². The number of hydrogen-bond acceptors (Lipinski definition) is 2. The van der Waals surface area contributed by atoms with Gasteiger partial charge >= 0.3 is 6.18 Å². The van der Waals surface area contributed by atoms with Crippen LogP contribution in [0.2, 0.25) is 0 Å². The summed E-state index contributed by atoms with van der Waals surface area (Å²) >= 11 is 0. The Balaban J connectivity index is 3.23. The molecule has 1 aromatic carbocycles. The highest BCUT2D eigenvalue weighted by Crippen LogP contribution is 2.34. The number of hydrogen-bond donors (Lipinski definition) is 2. The van der Waals surface area contributed by atoms with Gasteiger partial charge in [0.2, 0.25) is 0 Å². The molecular weight excluding hydrogens is 238 g/mol. The Morgan fingerprint density at radius 2 is 1.76 bits per heavy atom. The highest BCUT2D eigenvalue weighted by Gasteiger charge is 2.35. The van der Waals surface area contributed by atoms with Crippen LogP contribution in [0.15, 0.2) is 18.2 Å². The van der Waals surface area contributed by atoms with Gasteiger partial charge in [0, 0.05) is 5.54 Å². The van der Waals surface area contributed by atoms with Crippen LogP contribution < -0.4 is 5.73 Å². The molecule has 1 atom stereocenters. The maximum absolute atomic E-state index is 13.0. The van der Waals surface area contributed by atoms with Crippen molar-refractivity contribution in [3.05, 3.63) is 35.1 Å². The van der Waals surface area contributed by atoms with Gasteiger partial charge in [-0.3, -0.25) is 0 Å². The van der Waals surface area contributed by atoms with Crippen LogP contribution in [-0.4, -0.2) is 10.6 Å². The van der Waals surface area contributed by atoms with Crippen molar-refractivity contribution in [1.29, 1.82) is 0 Å². The van der Waals surface area contributed by atoms with Gasteiger partial charge in [0.1, 0.15) is 5.82 Å². The monoisotopic (exact) mass is 251 g/mol. The van der Waals surface area contributed by atoms with Crippen molar-refractivity contribution in [3.63, 3.8) is 0 Å². The Hall–Kier alpha value is -1.14. The maximum atomic E-state index is 13.0. The van der Waals surface area contributed by atoms with Crippen molar-refractivity contribution in [2.24, 2.45) is 5.73 Å². The van der Waals surface area contributed by atoms with Gasteiger partial charge in [0.15, 0.2) is 0 Å². The predicted molar refractivity (Wildman–Crippen MR) is 54.6 cm³/mol. The molecule has 0 radical (unpaired) electrons. The van der Waals surface area contributed by atoms with E-state index in [4.69, 9.17) is 5.73 Å². The van der Waals surface area contributed by atoms with Crippen molar-refractivity contribution in [3.8, 4) is 0 Å². The standard InChI is InChI=1S/C11H13F4NO/c1-10(2,16)9(17)6-3-4-8(12)7(5-6)11(13,14)15/h3-5,9,17H,16H2,1-2H3. The van der Waals surface area contributed by atoms with Crippen LogP contribution in [0.1, 0.15) is 31.1 Å². The largest absolute Gasteiger partial charge is 0.419 e. The Labute approximate surface area is 96.1 Å². The van der Waals surface area contributed by atoms with E-state index in [1.54, 1.807) is 0 Å². The lowest BCUT2D eigenvalue weighted by atomic mass is 9.91. The molecule has 0 saturated heterocycles. The van der Waals surface area contributed by atoms with Crippen LogP contribution >= 0.6 is 0 Å². The zero-order valence-electron chi connectivity index (χ0n) is 9.35. The maximum Gasteiger partial charge on any atom is 0.419 e. The van der Waals surface area contributed by atoms with Gasteiger partial charge in [-0.15, -0.1) is 0 Å². The van der Waals surface area contributed by atoms with E-state index in [-0.39, 0.29) is 5.56 Å². The fourth-order valence-electron chi connectivity index (χ4n) is 1.36. The third-order valence-electron chi connectivity index (χ3n) is 2.32. The van der Waals surface area contributed by atoms with Gasteiger partial charge in [0.25, 0.3) is 0 Å². The quantitative estimate of drug-likeness (QED) is 0.794. The molecule has 1 aromatic rings. The zero-order valence-corrected chi connectivity index (χ0v) is 9.35. The summed E-state index contributed by atoms with van der Waals surface area (Å²) < 4.78 is 50.3. The lowest BCUT2D eigenvalue weighted by molar-refractivity contribution is -0.140. The molecule has 6 heteroatoms. The highest BCUT2D eigenvalue weighted by molar-refractivity contribution is 5.30. The summed E-state index contributed by atoms with van der Waals surface area (Å²) in [5.74, 6) is -1.37. The molecule has 0 aliphatic carbocycles. The van der Waals surface area contributed by atoms with Crippen LogP contribution in [0.3, 0.4) is 0 Å². The molecule has 0 aliphatic heterocycles. The minimum absolute atomic E-state index is 0.0637. The average molecular weight is 251 g/mol. The lowest BCUT2D eigenvalue weighted by Gasteiger charge is -2.26. The van der Waals surface area contributed by atoms with E-state index < -0.39 is 29.2 Å². The summed E-state index contributed by atoms with van der Waals surface area (Å²) in [6, 6.07) is 2.34. The number of aliphatic hydroxyl groups is 1. The molecule has 0 amide bonds. The van der Waals surface area contributed by atoms with Crippen molar-refractivity contribution in [2.45, 2.75) is 31.7 Å². The second kappa shape index (κ2) is 4.27. The minimum atomic E-state index is -4.79. The zero-order chi connectivity index (χ0) is 13.4. The smallest absolute Gasteiger partial charge is 0.387 e. The molecule has 1 unspecified atom stereocenters. The van der Waals surface area contributed by atoms with E-state index in [1.165, 1.54) is 13.8 Å². The van der Waals surface area contributed by atoms with E-state index in [0.29, 0.717) is 12.1 Å². The normalized spacial score (nSPS) is 14.8. The molecule has 1 rings (SSSR count). The fourth-order valence-corrected chi connectivity index (χ4v) is 1.36. The first-order valence-electron chi connectivity index (χ1n) is 4.87. The highest BCUT2D eigenvalue weighted by atomic mass is 19.4. The SMILES string of the molecule is CC(C)(N)C(O)c1ccc(F)c(C(F)(F)F)c1. The molecule has 2 nitrogen and oxygen atoms in total. The third kappa shape index (κ3) is 3.17. The average Bonchev–Trinajstić information content (AvgIpc) is 2.14. The Kier molecular flexibility index (Phi) is 3.50. The lowest BCUT2D eigenvalue weighted by Crippen LogP contribution is -2.39. The molecular formula is C11H13F4NO. The number of alkyl halides is 3. The number of rotatable bonds is 2. The molecule has 0 saturated carbocycles. The molecule has 0 aromatic heterocycles. The van der Waals surface area contributed by atoms with E-state index in [9.17, 15) is 22.7 Å². The molecule has 0 aliphatic rings. The van der Waals surface area contributed by atoms with Crippen LogP contribution in [0, 0.1) is 5.82 Å². The number of nitrogens with two attached hydrogens (primary N) is 1. The van der Waals surface area contributed by atoms with Gasteiger partial charge in [-0.05, 0) is 31.5 Å². The summed E-state index contributed by atoms with van der Waals surface area (Å²) in [6.07, 6.45) is -6.09. The Morgan fingerprint density at radius 3 is 2.18 bits per heavy atom. The van der Waals surface area contributed by atoms with Crippen LogP contribution in [0.25, 0.3) is 0 Å². The molecule has 0 fully saturated rings. The third-order valence-corrected chi connectivity index (χ3v) is 2.32. The van der Waals surface area contributed by atoms with Crippen LogP contribution in [0.5, 0.6) is 0 Å². The van der Waals surface area contributed by atoms with Crippen molar-refractivity contribution in [1.82, 2.24) is 0 Å². The summed E-state index contributed by atoms with van der Waals surface area (Å²) in [6.45, 7) is 2.93. The van der Waals surface area contributed by atoms with Gasteiger partial charge in [-0.2, -0.15) is 13.2 Å². The van der Waals surface area contributed by atoms with Gasteiger partial charge in [0.05, 0.1) is 11.7 Å². The molecule has 96 valence electrons. The van der Waals surface area contributed by atoms with Crippen LogP contribution in [-0.2, 0) is 6.18 Å². The second-order valence-electron chi connectivity index (χ2n) is 4.46. The molecule has 0 spiro atoms. The molecule has 17 heavy (non-hydrogen) atoms. The number of halogens is 4. The Bertz CT molecular complexity index is 409. The van der Waals surface area contributed by atoms with E-state index >= 15 is 0 Å². The minimum Gasteiger partial charge on any atom is -0.387 e. The molecule has 0 heterocycles. The fraction of sp³-hybridized carbons (Fsp3) is 0.455. The van der Waals surface area contributed by atoms with E-state index in [2.05, 4.69) is 0 Å². The number of benzene rings is 1. The summed E-state index contributed by atoms with van der Waals surface area (Å²) in [4.78, 5) is 0. The summed E-state index contributed by atoms with van der Waals surface area (Å²) in [5.41, 5.74) is 3.00. The van der Waals surface area contributed by atoms with Crippen molar-refractivity contribution < 1.29 is 22.7 Å². The van der Waals surface area contributed by atoms with Crippen LogP contribution in [0.4, 0.5) is 17.6 Å². The predicted octanol–water partition coefficient (Wildman–Crippen LogP) is 2.62. The number of aliphatic hydroxyl groups excluding tert-OH is 1. The van der Waals surface area contributed by atoms with Gasteiger partial charge in [-0.25, -0.2) is 4.39 Å². The van der Waals surface area contributed by atoms with Crippen molar-refractivity contribution in [2.75, 3.05) is 0 Å². The van der Waals surface area contributed by atoms with Crippen molar-refractivity contribution >= 4 is 0 Å². The molecule has 3 N–H and O–H groups in total. The second-order valence-corrected chi connectivity index (χ2v) is 4.46. The first-order chi connectivity index (χ1) is 7.53. The van der Waals surface area contributed by atoms with E-state index in [0.717, 1.165) is 6.07 Å². The van der Waals surface area contributed by atoms with E-state index in [1.807, 2.05) is 0 Å².